The van der Waals surface area contributed by atoms with Gasteiger partial charge in [0.15, 0.2) is 0 Å². The van der Waals surface area contributed by atoms with Crippen LogP contribution in [0.4, 0.5) is 5.13 Å². The Morgan fingerprint density at radius 1 is 1.28 bits per heavy atom. The van der Waals surface area contributed by atoms with E-state index in [2.05, 4.69) is 49.3 Å². The first-order valence-corrected chi connectivity index (χ1v) is 7.49. The Balaban J connectivity index is 2.51. The molecule has 0 bridgehead atoms. The van der Waals surface area contributed by atoms with Crippen molar-refractivity contribution in [3.63, 3.8) is 0 Å². The minimum absolute atomic E-state index is 0.00786. The Kier molecular flexibility index (Phi) is 5.53. The van der Waals surface area contributed by atoms with E-state index in [1.807, 2.05) is 0 Å². The van der Waals surface area contributed by atoms with E-state index in [9.17, 15) is 0 Å². The minimum Gasteiger partial charge on any atom is -0.359 e. The normalized spacial score (nSPS) is 13.9. The van der Waals surface area contributed by atoms with Crippen LogP contribution in [-0.4, -0.2) is 21.9 Å². The van der Waals surface area contributed by atoms with Crippen LogP contribution >= 0.6 is 11.5 Å². The van der Waals surface area contributed by atoms with Gasteiger partial charge < -0.3 is 11.1 Å². The van der Waals surface area contributed by atoms with Gasteiger partial charge in [-0.05, 0) is 5.92 Å². The summed E-state index contributed by atoms with van der Waals surface area (Å²) in [5.41, 5.74) is 6.18. The van der Waals surface area contributed by atoms with Crippen molar-refractivity contribution < 1.29 is 0 Å². The van der Waals surface area contributed by atoms with Gasteiger partial charge in [-0.1, -0.05) is 47.5 Å². The van der Waals surface area contributed by atoms with Crippen molar-refractivity contribution in [2.24, 2.45) is 11.7 Å². The Labute approximate surface area is 115 Å². The number of nitrogens with zero attached hydrogens (tertiary/aromatic N) is 2. The maximum atomic E-state index is 6.17. The number of nitrogens with two attached hydrogens (primary N) is 1. The van der Waals surface area contributed by atoms with Crippen LogP contribution in [0.1, 0.15) is 53.3 Å². The quantitative estimate of drug-likeness (QED) is 0.834. The van der Waals surface area contributed by atoms with Gasteiger partial charge in [-0.15, -0.1) is 0 Å². The zero-order valence-electron chi connectivity index (χ0n) is 12.2. The third-order valence-corrected chi connectivity index (χ3v) is 3.91. The molecule has 0 aliphatic carbocycles. The van der Waals surface area contributed by atoms with Gasteiger partial charge in [0.1, 0.15) is 5.82 Å². The first-order valence-electron chi connectivity index (χ1n) is 6.72. The molecule has 104 valence electrons. The van der Waals surface area contributed by atoms with Crippen molar-refractivity contribution in [2.45, 2.75) is 58.9 Å². The third kappa shape index (κ3) is 4.21. The van der Waals surface area contributed by atoms with Crippen LogP contribution in [0.2, 0.25) is 0 Å². The van der Waals surface area contributed by atoms with Gasteiger partial charge in [-0.2, -0.15) is 4.37 Å². The summed E-state index contributed by atoms with van der Waals surface area (Å²) in [7, 11) is 0. The van der Waals surface area contributed by atoms with Crippen molar-refractivity contribution in [1.29, 1.82) is 0 Å². The highest BCUT2D eigenvalue weighted by Crippen LogP contribution is 2.23. The molecule has 1 unspecified atom stereocenters. The topological polar surface area (TPSA) is 63.8 Å². The molecule has 1 rings (SSSR count). The molecule has 4 nitrogen and oxygen atoms in total. The molecule has 0 fully saturated rings. The van der Waals surface area contributed by atoms with E-state index in [-0.39, 0.29) is 11.5 Å². The molecule has 0 saturated heterocycles. The average molecular weight is 270 g/mol. The molecule has 1 aromatic rings. The molecule has 5 heteroatoms. The van der Waals surface area contributed by atoms with E-state index < -0.39 is 0 Å². The molecule has 1 aromatic heterocycles. The van der Waals surface area contributed by atoms with Crippen LogP contribution in [0.5, 0.6) is 0 Å². The van der Waals surface area contributed by atoms with Crippen LogP contribution in [0.15, 0.2) is 0 Å². The highest BCUT2D eigenvalue weighted by Gasteiger charge is 2.20. The zero-order chi connectivity index (χ0) is 13.8. The van der Waals surface area contributed by atoms with Crippen LogP contribution in [0, 0.1) is 5.92 Å². The van der Waals surface area contributed by atoms with Gasteiger partial charge >= 0.3 is 0 Å². The molecule has 0 aromatic carbocycles. The number of hydrogen-bond acceptors (Lipinski definition) is 5. The maximum Gasteiger partial charge on any atom is 0.202 e. The first kappa shape index (κ1) is 15.4. The monoisotopic (exact) mass is 270 g/mol. The number of aromatic nitrogens is 2. The highest BCUT2D eigenvalue weighted by atomic mass is 32.1. The average Bonchev–Trinajstić information content (AvgIpc) is 2.76. The van der Waals surface area contributed by atoms with Gasteiger partial charge in [-0.25, -0.2) is 4.98 Å². The van der Waals surface area contributed by atoms with Crippen LogP contribution in [-0.2, 0) is 5.41 Å². The predicted octanol–water partition coefficient (Wildman–Crippen LogP) is 3.01. The molecule has 1 heterocycles. The molecular weight excluding hydrogens is 244 g/mol. The van der Waals surface area contributed by atoms with Crippen molar-refractivity contribution in [3.8, 4) is 0 Å². The summed E-state index contributed by atoms with van der Waals surface area (Å²) in [6.45, 7) is 11.5. The zero-order valence-corrected chi connectivity index (χ0v) is 13.0. The number of hydrogen-bond donors (Lipinski definition) is 2. The fraction of sp³-hybridized carbons (Fsp3) is 0.846. The molecule has 0 spiro atoms. The van der Waals surface area contributed by atoms with Crippen LogP contribution in [0.3, 0.4) is 0 Å². The standard InChI is InChI=1S/C13H26N4S/c1-6-9(7-2)10(14)8-15-12-16-11(17-18-12)13(3,4)5/h9-10H,6-8,14H2,1-5H3,(H,15,16,17). The summed E-state index contributed by atoms with van der Waals surface area (Å²) in [4.78, 5) is 4.51. The molecule has 0 saturated carbocycles. The van der Waals surface area contributed by atoms with Gasteiger partial charge in [0.05, 0.1) is 0 Å². The lowest BCUT2D eigenvalue weighted by Gasteiger charge is -2.21. The summed E-state index contributed by atoms with van der Waals surface area (Å²) in [6, 6.07) is 0.182. The second-order valence-electron chi connectivity index (χ2n) is 5.79. The van der Waals surface area contributed by atoms with E-state index in [1.54, 1.807) is 0 Å². The summed E-state index contributed by atoms with van der Waals surface area (Å²) < 4.78 is 4.38. The Bertz CT molecular complexity index is 352. The minimum atomic E-state index is 0.00786. The Morgan fingerprint density at radius 3 is 2.33 bits per heavy atom. The van der Waals surface area contributed by atoms with Crippen molar-refractivity contribution >= 4 is 16.7 Å². The van der Waals surface area contributed by atoms with E-state index in [4.69, 9.17) is 5.73 Å². The smallest absolute Gasteiger partial charge is 0.202 e. The van der Waals surface area contributed by atoms with Gasteiger partial charge in [-0.3, -0.25) is 0 Å². The van der Waals surface area contributed by atoms with E-state index in [1.165, 1.54) is 11.5 Å². The first-order chi connectivity index (χ1) is 8.38. The second kappa shape index (κ2) is 6.48. The summed E-state index contributed by atoms with van der Waals surface area (Å²) >= 11 is 1.42. The van der Waals surface area contributed by atoms with Crippen molar-refractivity contribution in [1.82, 2.24) is 9.36 Å². The van der Waals surface area contributed by atoms with Crippen molar-refractivity contribution in [2.75, 3.05) is 11.9 Å². The maximum absolute atomic E-state index is 6.17. The van der Waals surface area contributed by atoms with Crippen LogP contribution in [0.25, 0.3) is 0 Å². The largest absolute Gasteiger partial charge is 0.359 e. The van der Waals surface area contributed by atoms with Crippen molar-refractivity contribution in [3.05, 3.63) is 5.82 Å². The predicted molar refractivity (Wildman–Crippen MR) is 79.1 cm³/mol. The lowest BCUT2D eigenvalue weighted by atomic mass is 9.95. The lowest BCUT2D eigenvalue weighted by Crippen LogP contribution is -2.36. The summed E-state index contributed by atoms with van der Waals surface area (Å²) in [6.07, 6.45) is 2.26. The number of anilines is 1. The Hall–Kier alpha value is -0.680. The lowest BCUT2D eigenvalue weighted by molar-refractivity contribution is 0.407. The van der Waals surface area contributed by atoms with E-state index in [0.717, 1.165) is 30.3 Å². The number of nitrogens with one attached hydrogen (secondary N) is 1. The molecule has 0 amide bonds. The SMILES string of the molecule is CCC(CC)C(N)CNc1nc(C(C)(C)C)ns1. The highest BCUT2D eigenvalue weighted by molar-refractivity contribution is 7.09. The van der Waals surface area contributed by atoms with Gasteiger partial charge in [0.2, 0.25) is 5.13 Å². The van der Waals surface area contributed by atoms with E-state index in [0.29, 0.717) is 5.92 Å². The Morgan fingerprint density at radius 2 is 1.89 bits per heavy atom. The number of rotatable bonds is 6. The third-order valence-electron chi connectivity index (χ3n) is 3.24. The van der Waals surface area contributed by atoms with E-state index >= 15 is 0 Å². The molecular formula is C13H26N4S. The fourth-order valence-corrected chi connectivity index (χ4v) is 2.63. The summed E-state index contributed by atoms with van der Waals surface area (Å²) in [5.74, 6) is 1.47. The molecule has 18 heavy (non-hydrogen) atoms. The second-order valence-corrected chi connectivity index (χ2v) is 6.55. The molecule has 1 atom stereocenters. The molecule has 0 aliphatic heterocycles. The van der Waals surface area contributed by atoms with Crippen LogP contribution < -0.4 is 11.1 Å². The molecule has 0 aliphatic rings. The molecule has 3 N–H and O–H groups in total. The fourth-order valence-electron chi connectivity index (χ4n) is 1.87. The van der Waals surface area contributed by atoms with Gasteiger partial charge in [0.25, 0.3) is 0 Å². The molecule has 0 radical (unpaired) electrons. The van der Waals surface area contributed by atoms with Gasteiger partial charge in [0, 0.05) is 29.5 Å². The summed E-state index contributed by atoms with van der Waals surface area (Å²) in [5, 5.41) is 4.18.